The van der Waals surface area contributed by atoms with Crippen LogP contribution in [0, 0.1) is 18.3 Å². The molecule has 5 rings (SSSR count). The molecule has 4 N–H and O–H groups in total. The lowest BCUT2D eigenvalue weighted by Crippen LogP contribution is -2.59. The van der Waals surface area contributed by atoms with Crippen LogP contribution in [0.25, 0.3) is 11.3 Å². The van der Waals surface area contributed by atoms with Crippen LogP contribution in [0.15, 0.2) is 97.2 Å². The molecule has 1 aliphatic heterocycles. The Kier molecular flexibility index (Phi) is 15.8. The van der Waals surface area contributed by atoms with Crippen LogP contribution < -0.4 is 16.0 Å². The SMILES string of the molecule is CCC(C)[C@H](NC(=O)OC)C(=O)N[C@@H](Cc1ccc(-c2ccccn2)cc1)C[C@H](O)[C@H](Cc1ccccc1)NC(=O)[C@@H](N1CCN(Cc2cccc(C)n2)C1=O)C(C)(C)C. The normalized spacial score (nSPS) is 16.0. The second-order valence-electron chi connectivity index (χ2n) is 16.9. The minimum Gasteiger partial charge on any atom is -0.453 e. The van der Waals surface area contributed by atoms with Crippen molar-refractivity contribution in [3.8, 4) is 11.3 Å². The van der Waals surface area contributed by atoms with E-state index < -0.39 is 47.7 Å². The number of aromatic nitrogens is 2. The Balaban J connectivity index is 1.41. The summed E-state index contributed by atoms with van der Waals surface area (Å²) in [6.45, 7) is 12.6. The Hall–Kier alpha value is -5.82. The van der Waals surface area contributed by atoms with Gasteiger partial charge in [0.05, 0.1) is 37.2 Å². The molecule has 6 atom stereocenters. The second kappa shape index (κ2) is 20.9. The molecule has 0 spiro atoms. The minimum atomic E-state index is -1.14. The number of carbonyl (C=O) groups excluding carboxylic acids is 4. The van der Waals surface area contributed by atoms with Crippen molar-refractivity contribution in [2.45, 2.75) is 104 Å². The van der Waals surface area contributed by atoms with E-state index in [0.29, 0.717) is 38.9 Å². The molecule has 320 valence electrons. The Morgan fingerprint density at radius 1 is 0.850 bits per heavy atom. The van der Waals surface area contributed by atoms with Crippen LogP contribution in [0.4, 0.5) is 9.59 Å². The third-order valence-corrected chi connectivity index (χ3v) is 11.1. The standard InChI is InChI=1S/C47H61N7O6/c1-8-31(2)41(52-45(58)60-7)43(56)50-37(27-34-20-22-35(23-21-34)38-19-12-13-24-48-38)29-40(55)39(28-33-16-10-9-11-17-33)51-44(57)42(47(4,5)6)54-26-25-53(46(54)59)30-36-18-14-15-32(3)49-36/h9-24,31,37,39-42,55H,8,25-30H2,1-7H3,(H,50,56)(H,51,57)(H,52,58)/t31?,37-,39-,40-,41-,42+/m0/s1. The summed E-state index contributed by atoms with van der Waals surface area (Å²) in [7, 11) is 1.25. The molecule has 0 bridgehead atoms. The highest BCUT2D eigenvalue weighted by Gasteiger charge is 2.44. The molecule has 1 aliphatic rings. The molecule has 4 aromatic rings. The zero-order valence-corrected chi connectivity index (χ0v) is 35.9. The third kappa shape index (κ3) is 12.4. The van der Waals surface area contributed by atoms with Gasteiger partial charge in [0.15, 0.2) is 0 Å². The number of amides is 5. The van der Waals surface area contributed by atoms with Crippen molar-refractivity contribution < 1.29 is 29.0 Å². The van der Waals surface area contributed by atoms with Gasteiger partial charge in [-0.05, 0) is 72.9 Å². The molecule has 13 heteroatoms. The molecule has 2 aromatic heterocycles. The van der Waals surface area contributed by atoms with Gasteiger partial charge in [0.1, 0.15) is 12.1 Å². The fraction of sp³-hybridized carbons (Fsp3) is 0.447. The molecular formula is C47H61N7O6. The van der Waals surface area contributed by atoms with Crippen LogP contribution in [0.1, 0.15) is 70.0 Å². The van der Waals surface area contributed by atoms with E-state index in [1.807, 2.05) is 133 Å². The first-order valence-corrected chi connectivity index (χ1v) is 20.8. The molecule has 1 saturated heterocycles. The number of ether oxygens (including phenoxy) is 1. The molecule has 5 amide bonds. The molecule has 3 heterocycles. The predicted molar refractivity (Wildman–Crippen MR) is 232 cm³/mol. The van der Waals surface area contributed by atoms with Crippen molar-refractivity contribution in [2.75, 3.05) is 20.2 Å². The molecular weight excluding hydrogens is 759 g/mol. The maximum Gasteiger partial charge on any atom is 0.407 e. The number of benzene rings is 2. The van der Waals surface area contributed by atoms with E-state index >= 15 is 0 Å². The minimum absolute atomic E-state index is 0.0665. The van der Waals surface area contributed by atoms with E-state index in [1.165, 1.54) is 7.11 Å². The summed E-state index contributed by atoms with van der Waals surface area (Å²) in [6, 6.07) is 25.5. The molecule has 0 aliphatic carbocycles. The van der Waals surface area contributed by atoms with Crippen LogP contribution in [-0.2, 0) is 33.7 Å². The van der Waals surface area contributed by atoms with Gasteiger partial charge in [0, 0.05) is 36.6 Å². The average molecular weight is 820 g/mol. The summed E-state index contributed by atoms with van der Waals surface area (Å²) in [5.41, 5.74) is 4.54. The number of hydrogen-bond donors (Lipinski definition) is 4. The summed E-state index contributed by atoms with van der Waals surface area (Å²) in [5, 5.41) is 21.2. The Bertz CT molecular complexity index is 2030. The van der Waals surface area contributed by atoms with E-state index in [4.69, 9.17) is 4.74 Å². The monoisotopic (exact) mass is 819 g/mol. The summed E-state index contributed by atoms with van der Waals surface area (Å²) < 4.78 is 4.84. The number of aliphatic hydroxyl groups excluding tert-OH is 1. The van der Waals surface area contributed by atoms with Gasteiger partial charge in [0.2, 0.25) is 11.8 Å². The van der Waals surface area contributed by atoms with Crippen LogP contribution in [-0.4, -0.2) is 99.3 Å². The predicted octanol–water partition coefficient (Wildman–Crippen LogP) is 6.08. The van der Waals surface area contributed by atoms with E-state index in [2.05, 4.69) is 25.9 Å². The lowest BCUT2D eigenvalue weighted by Gasteiger charge is -2.38. The number of hydrogen-bond acceptors (Lipinski definition) is 8. The fourth-order valence-electron chi connectivity index (χ4n) is 7.74. The van der Waals surface area contributed by atoms with Crippen molar-refractivity contribution >= 4 is 23.9 Å². The molecule has 0 saturated carbocycles. The summed E-state index contributed by atoms with van der Waals surface area (Å²) in [6.07, 6.45) is 1.21. The zero-order valence-electron chi connectivity index (χ0n) is 35.9. The number of nitrogens with zero attached hydrogens (tertiary/aromatic N) is 4. The Morgan fingerprint density at radius 3 is 2.18 bits per heavy atom. The largest absolute Gasteiger partial charge is 0.453 e. The summed E-state index contributed by atoms with van der Waals surface area (Å²) in [5.74, 6) is -1.01. The van der Waals surface area contributed by atoms with Crippen molar-refractivity contribution in [3.05, 3.63) is 120 Å². The molecule has 1 fully saturated rings. The number of aliphatic hydroxyl groups is 1. The van der Waals surface area contributed by atoms with Crippen molar-refractivity contribution in [1.29, 1.82) is 0 Å². The first-order chi connectivity index (χ1) is 28.7. The maximum atomic E-state index is 14.6. The maximum absolute atomic E-state index is 14.6. The van der Waals surface area contributed by atoms with Crippen molar-refractivity contribution in [3.63, 3.8) is 0 Å². The van der Waals surface area contributed by atoms with E-state index in [-0.39, 0.29) is 24.3 Å². The highest BCUT2D eigenvalue weighted by atomic mass is 16.5. The zero-order chi connectivity index (χ0) is 43.4. The lowest BCUT2D eigenvalue weighted by atomic mass is 9.84. The van der Waals surface area contributed by atoms with Crippen molar-refractivity contribution in [2.24, 2.45) is 11.3 Å². The van der Waals surface area contributed by atoms with Crippen LogP contribution in [0.2, 0.25) is 0 Å². The van der Waals surface area contributed by atoms with E-state index in [1.54, 1.807) is 16.0 Å². The summed E-state index contributed by atoms with van der Waals surface area (Å²) in [4.78, 5) is 67.3. The number of rotatable bonds is 18. The molecule has 2 aromatic carbocycles. The highest BCUT2D eigenvalue weighted by molar-refractivity contribution is 5.89. The number of aryl methyl sites for hydroxylation is 1. The van der Waals surface area contributed by atoms with Gasteiger partial charge in [-0.2, -0.15) is 0 Å². The number of alkyl carbamates (subject to hydrolysis) is 1. The van der Waals surface area contributed by atoms with Gasteiger partial charge >= 0.3 is 12.1 Å². The smallest absolute Gasteiger partial charge is 0.407 e. The van der Waals surface area contributed by atoms with Gasteiger partial charge in [0.25, 0.3) is 0 Å². The molecule has 60 heavy (non-hydrogen) atoms. The number of methoxy groups -OCH3 is 1. The van der Waals surface area contributed by atoms with Gasteiger partial charge in [-0.15, -0.1) is 0 Å². The number of pyridine rings is 2. The van der Waals surface area contributed by atoms with Crippen molar-refractivity contribution in [1.82, 2.24) is 35.7 Å². The van der Waals surface area contributed by atoms with Crippen LogP contribution >= 0.6 is 0 Å². The number of nitrogens with one attached hydrogen (secondary N) is 3. The Morgan fingerprint density at radius 2 is 1.55 bits per heavy atom. The summed E-state index contributed by atoms with van der Waals surface area (Å²) >= 11 is 0. The van der Waals surface area contributed by atoms with Gasteiger partial charge < -0.3 is 35.6 Å². The van der Waals surface area contributed by atoms with E-state index in [9.17, 15) is 24.3 Å². The third-order valence-electron chi connectivity index (χ3n) is 11.1. The topological polar surface area (TPSA) is 166 Å². The van der Waals surface area contributed by atoms with Gasteiger partial charge in [-0.3, -0.25) is 19.6 Å². The average Bonchev–Trinajstić information content (AvgIpc) is 3.57. The Labute approximate surface area is 354 Å². The molecule has 13 nitrogen and oxygen atoms in total. The number of carbonyl (C=O) groups is 4. The van der Waals surface area contributed by atoms with Crippen LogP contribution in [0.3, 0.4) is 0 Å². The van der Waals surface area contributed by atoms with Gasteiger partial charge in [-0.1, -0.05) is 108 Å². The van der Waals surface area contributed by atoms with Gasteiger partial charge in [-0.25, -0.2) is 9.59 Å². The quantitative estimate of drug-likeness (QED) is 0.0938. The first-order valence-electron chi connectivity index (χ1n) is 20.8. The van der Waals surface area contributed by atoms with Crippen LogP contribution in [0.5, 0.6) is 0 Å². The first kappa shape index (κ1) is 45.3. The molecule has 0 radical (unpaired) electrons. The number of urea groups is 1. The fourth-order valence-corrected chi connectivity index (χ4v) is 7.74. The van der Waals surface area contributed by atoms with E-state index in [0.717, 1.165) is 33.8 Å². The second-order valence-corrected chi connectivity index (χ2v) is 16.9. The lowest BCUT2D eigenvalue weighted by molar-refractivity contribution is -0.130. The highest BCUT2D eigenvalue weighted by Crippen LogP contribution is 2.29. The molecule has 1 unspecified atom stereocenters.